The first-order chi connectivity index (χ1) is 6.53. The summed E-state index contributed by atoms with van der Waals surface area (Å²) in [5, 5.41) is 0. The molecule has 14 heavy (non-hydrogen) atoms. The SMILES string of the molecule is CN1Cc2ncccc2C(C)(C)C1=O. The highest BCUT2D eigenvalue weighted by Crippen LogP contribution is 2.32. The molecule has 0 atom stereocenters. The number of aromatic nitrogens is 1. The fourth-order valence-electron chi connectivity index (χ4n) is 2.02. The summed E-state index contributed by atoms with van der Waals surface area (Å²) in [6, 6.07) is 3.88. The van der Waals surface area contributed by atoms with Crippen LogP contribution in [0.2, 0.25) is 0 Å². The van der Waals surface area contributed by atoms with Crippen molar-refractivity contribution < 1.29 is 4.79 Å². The van der Waals surface area contributed by atoms with Crippen LogP contribution < -0.4 is 0 Å². The van der Waals surface area contributed by atoms with Crippen molar-refractivity contribution in [3.63, 3.8) is 0 Å². The number of hydrogen-bond acceptors (Lipinski definition) is 2. The van der Waals surface area contributed by atoms with Crippen molar-refractivity contribution in [3.05, 3.63) is 29.6 Å². The second-order valence-corrected chi connectivity index (χ2v) is 4.28. The smallest absolute Gasteiger partial charge is 0.232 e. The van der Waals surface area contributed by atoms with Gasteiger partial charge in [-0.3, -0.25) is 9.78 Å². The molecule has 1 aromatic rings. The van der Waals surface area contributed by atoms with E-state index in [0.29, 0.717) is 6.54 Å². The average Bonchev–Trinajstić information content (AvgIpc) is 2.15. The molecule has 0 aliphatic carbocycles. The lowest BCUT2D eigenvalue weighted by molar-refractivity contribution is -0.136. The Labute approximate surface area is 83.8 Å². The number of rotatable bonds is 0. The second kappa shape index (κ2) is 2.80. The van der Waals surface area contributed by atoms with Gasteiger partial charge in [0.1, 0.15) is 0 Å². The molecule has 1 aromatic heterocycles. The summed E-state index contributed by atoms with van der Waals surface area (Å²) < 4.78 is 0. The summed E-state index contributed by atoms with van der Waals surface area (Å²) in [5.74, 6) is 0.165. The van der Waals surface area contributed by atoms with Crippen LogP contribution in [0.25, 0.3) is 0 Å². The first-order valence-electron chi connectivity index (χ1n) is 4.73. The molecule has 0 aromatic carbocycles. The molecular formula is C11H14N2O. The summed E-state index contributed by atoms with van der Waals surface area (Å²) in [5.41, 5.74) is 1.64. The molecule has 1 amide bonds. The van der Waals surface area contributed by atoms with Crippen LogP contribution in [0, 0.1) is 0 Å². The first kappa shape index (κ1) is 9.19. The fraction of sp³-hybridized carbons (Fsp3) is 0.455. The van der Waals surface area contributed by atoms with Crippen molar-refractivity contribution in [2.75, 3.05) is 7.05 Å². The number of carbonyl (C=O) groups excluding carboxylic acids is 1. The fourth-order valence-corrected chi connectivity index (χ4v) is 2.02. The van der Waals surface area contributed by atoms with Crippen molar-refractivity contribution >= 4 is 5.91 Å². The van der Waals surface area contributed by atoms with E-state index in [4.69, 9.17) is 0 Å². The van der Waals surface area contributed by atoms with Gasteiger partial charge >= 0.3 is 0 Å². The van der Waals surface area contributed by atoms with Gasteiger partial charge in [-0.05, 0) is 25.5 Å². The van der Waals surface area contributed by atoms with Crippen molar-refractivity contribution in [2.45, 2.75) is 25.8 Å². The summed E-state index contributed by atoms with van der Waals surface area (Å²) in [7, 11) is 1.82. The molecule has 74 valence electrons. The van der Waals surface area contributed by atoms with Gasteiger partial charge in [-0.15, -0.1) is 0 Å². The Morgan fingerprint density at radius 3 is 2.93 bits per heavy atom. The Morgan fingerprint density at radius 2 is 2.21 bits per heavy atom. The zero-order valence-corrected chi connectivity index (χ0v) is 8.74. The summed E-state index contributed by atoms with van der Waals surface area (Å²) in [6.45, 7) is 4.52. The molecule has 2 rings (SSSR count). The minimum absolute atomic E-state index is 0.165. The zero-order valence-electron chi connectivity index (χ0n) is 8.74. The van der Waals surface area contributed by atoms with E-state index < -0.39 is 5.41 Å². The third kappa shape index (κ3) is 1.12. The minimum atomic E-state index is -0.434. The highest BCUT2D eigenvalue weighted by Gasteiger charge is 2.38. The van der Waals surface area contributed by atoms with Gasteiger partial charge in [0.05, 0.1) is 17.7 Å². The molecule has 3 nitrogen and oxygen atoms in total. The molecule has 0 radical (unpaired) electrons. The molecular weight excluding hydrogens is 176 g/mol. The zero-order chi connectivity index (χ0) is 10.3. The highest BCUT2D eigenvalue weighted by molar-refractivity contribution is 5.88. The normalized spacial score (nSPS) is 19.4. The number of fused-ring (bicyclic) bond motifs is 1. The summed E-state index contributed by atoms with van der Waals surface area (Å²) in [4.78, 5) is 17.9. The van der Waals surface area contributed by atoms with Gasteiger partial charge in [0.2, 0.25) is 5.91 Å². The van der Waals surface area contributed by atoms with E-state index in [2.05, 4.69) is 4.98 Å². The summed E-state index contributed by atoms with van der Waals surface area (Å²) >= 11 is 0. The van der Waals surface area contributed by atoms with Crippen molar-refractivity contribution in [2.24, 2.45) is 0 Å². The number of nitrogens with zero attached hydrogens (tertiary/aromatic N) is 2. The van der Waals surface area contributed by atoms with Crippen molar-refractivity contribution in [1.29, 1.82) is 0 Å². The molecule has 0 fully saturated rings. The molecule has 0 saturated heterocycles. The Hall–Kier alpha value is -1.38. The monoisotopic (exact) mass is 190 g/mol. The van der Waals surface area contributed by atoms with Gasteiger partial charge in [-0.1, -0.05) is 6.07 Å². The lowest BCUT2D eigenvalue weighted by atomic mass is 9.79. The maximum Gasteiger partial charge on any atom is 0.232 e. The van der Waals surface area contributed by atoms with E-state index in [0.717, 1.165) is 11.3 Å². The van der Waals surface area contributed by atoms with Gasteiger partial charge < -0.3 is 4.90 Å². The maximum atomic E-state index is 11.9. The van der Waals surface area contributed by atoms with Crippen LogP contribution in [0.5, 0.6) is 0 Å². The Morgan fingerprint density at radius 1 is 1.50 bits per heavy atom. The van der Waals surface area contributed by atoms with E-state index >= 15 is 0 Å². The standard InChI is InChI=1S/C11H14N2O/c1-11(2)8-5-4-6-12-9(8)7-13(3)10(11)14/h4-6H,7H2,1-3H3. The molecule has 0 saturated carbocycles. The number of amides is 1. The molecule has 0 N–H and O–H groups in total. The molecule has 0 spiro atoms. The third-order valence-electron chi connectivity index (χ3n) is 2.83. The topological polar surface area (TPSA) is 33.2 Å². The molecule has 2 heterocycles. The Kier molecular flexibility index (Phi) is 1.84. The average molecular weight is 190 g/mol. The molecule has 1 aliphatic rings. The highest BCUT2D eigenvalue weighted by atomic mass is 16.2. The van der Waals surface area contributed by atoms with Gasteiger partial charge in [-0.25, -0.2) is 0 Å². The van der Waals surface area contributed by atoms with Gasteiger partial charge in [0, 0.05) is 13.2 Å². The van der Waals surface area contributed by atoms with Crippen LogP contribution >= 0.6 is 0 Å². The largest absolute Gasteiger partial charge is 0.339 e. The van der Waals surface area contributed by atoms with E-state index in [-0.39, 0.29) is 5.91 Å². The number of likely N-dealkylation sites (N-methyl/N-ethyl adjacent to an activating group) is 1. The lowest BCUT2D eigenvalue weighted by Crippen LogP contribution is -2.46. The van der Waals surface area contributed by atoms with E-state index in [1.165, 1.54) is 0 Å². The lowest BCUT2D eigenvalue weighted by Gasteiger charge is -2.36. The van der Waals surface area contributed by atoms with Crippen LogP contribution in [-0.4, -0.2) is 22.8 Å². The van der Waals surface area contributed by atoms with Crippen LogP contribution in [0.15, 0.2) is 18.3 Å². The first-order valence-corrected chi connectivity index (χ1v) is 4.73. The van der Waals surface area contributed by atoms with E-state index in [1.807, 2.05) is 33.0 Å². The third-order valence-corrected chi connectivity index (χ3v) is 2.83. The Bertz CT molecular complexity index is 385. The van der Waals surface area contributed by atoms with E-state index in [1.54, 1.807) is 11.1 Å². The van der Waals surface area contributed by atoms with Gasteiger partial charge in [0.25, 0.3) is 0 Å². The van der Waals surface area contributed by atoms with Crippen LogP contribution in [0.1, 0.15) is 25.1 Å². The number of pyridine rings is 1. The van der Waals surface area contributed by atoms with Crippen molar-refractivity contribution in [1.82, 2.24) is 9.88 Å². The molecule has 0 bridgehead atoms. The predicted molar refractivity (Wildman–Crippen MR) is 53.7 cm³/mol. The minimum Gasteiger partial charge on any atom is -0.339 e. The van der Waals surface area contributed by atoms with Crippen molar-refractivity contribution in [3.8, 4) is 0 Å². The van der Waals surface area contributed by atoms with Crippen LogP contribution in [0.3, 0.4) is 0 Å². The maximum absolute atomic E-state index is 11.9. The summed E-state index contributed by atoms with van der Waals surface area (Å²) in [6.07, 6.45) is 1.78. The molecule has 0 unspecified atom stereocenters. The van der Waals surface area contributed by atoms with Crippen LogP contribution in [0.4, 0.5) is 0 Å². The second-order valence-electron chi connectivity index (χ2n) is 4.28. The van der Waals surface area contributed by atoms with Gasteiger partial charge in [-0.2, -0.15) is 0 Å². The molecule has 1 aliphatic heterocycles. The number of carbonyl (C=O) groups is 1. The predicted octanol–water partition coefficient (Wildman–Crippen LogP) is 1.33. The van der Waals surface area contributed by atoms with Crippen LogP contribution in [-0.2, 0) is 16.8 Å². The van der Waals surface area contributed by atoms with Gasteiger partial charge in [0.15, 0.2) is 0 Å². The quantitative estimate of drug-likeness (QED) is 0.618. The molecule has 3 heteroatoms. The van der Waals surface area contributed by atoms with E-state index in [9.17, 15) is 4.79 Å². The number of hydrogen-bond donors (Lipinski definition) is 0. The Balaban J connectivity index is 2.60.